The Morgan fingerprint density at radius 2 is 2.04 bits per heavy atom. The smallest absolute Gasteiger partial charge is 0.230 e. The van der Waals surface area contributed by atoms with Crippen molar-refractivity contribution in [1.29, 1.82) is 0 Å². The first kappa shape index (κ1) is 19.5. The number of carbonyl (C=O) groups is 1. The van der Waals surface area contributed by atoms with Gasteiger partial charge < -0.3 is 14.8 Å². The minimum atomic E-state index is -0.376. The van der Waals surface area contributed by atoms with E-state index in [2.05, 4.69) is 5.32 Å². The van der Waals surface area contributed by atoms with Gasteiger partial charge in [0.1, 0.15) is 22.9 Å². The first-order valence-electron chi connectivity index (χ1n) is 8.85. The average Bonchev–Trinajstić information content (AvgIpc) is 2.62. The molecule has 2 aromatic rings. The van der Waals surface area contributed by atoms with E-state index in [1.165, 1.54) is 23.9 Å². The summed E-state index contributed by atoms with van der Waals surface area (Å²) in [5, 5.41) is 3.12. The third-order valence-electron chi connectivity index (χ3n) is 4.43. The van der Waals surface area contributed by atoms with Crippen molar-refractivity contribution >= 4 is 17.7 Å². The molecule has 1 amide bonds. The van der Waals surface area contributed by atoms with Gasteiger partial charge >= 0.3 is 0 Å². The van der Waals surface area contributed by atoms with Crippen LogP contribution in [0.15, 0.2) is 42.5 Å². The molecule has 1 atom stereocenters. The van der Waals surface area contributed by atoms with E-state index in [-0.39, 0.29) is 23.4 Å². The Labute approximate surface area is 163 Å². The number of hydrogen-bond donors (Lipinski definition) is 1. The molecule has 4 nitrogen and oxygen atoms in total. The van der Waals surface area contributed by atoms with Gasteiger partial charge in [-0.05, 0) is 43.7 Å². The van der Waals surface area contributed by atoms with E-state index in [0.29, 0.717) is 17.9 Å². The van der Waals surface area contributed by atoms with Crippen molar-refractivity contribution in [2.75, 3.05) is 12.9 Å². The highest BCUT2D eigenvalue weighted by Crippen LogP contribution is 2.41. The molecule has 1 unspecified atom stereocenters. The predicted octanol–water partition coefficient (Wildman–Crippen LogP) is 4.49. The molecular weight excluding hydrogens is 365 g/mol. The summed E-state index contributed by atoms with van der Waals surface area (Å²) in [7, 11) is 1.62. The first-order valence-corrected chi connectivity index (χ1v) is 10.0. The zero-order valence-electron chi connectivity index (χ0n) is 15.8. The van der Waals surface area contributed by atoms with Crippen LogP contribution in [0.5, 0.6) is 11.5 Å². The van der Waals surface area contributed by atoms with E-state index >= 15 is 0 Å². The van der Waals surface area contributed by atoms with E-state index < -0.39 is 0 Å². The van der Waals surface area contributed by atoms with Gasteiger partial charge in [-0.15, -0.1) is 11.8 Å². The van der Waals surface area contributed by atoms with E-state index in [0.717, 1.165) is 22.6 Å². The zero-order valence-corrected chi connectivity index (χ0v) is 16.6. The Kier molecular flexibility index (Phi) is 5.95. The fraction of sp³-hybridized carbons (Fsp3) is 0.381. The fourth-order valence-corrected chi connectivity index (χ4v) is 3.96. The second kappa shape index (κ2) is 8.21. The minimum Gasteiger partial charge on any atom is -0.497 e. The summed E-state index contributed by atoms with van der Waals surface area (Å²) in [6.07, 6.45) is 0.695. The molecule has 1 heterocycles. The van der Waals surface area contributed by atoms with Crippen molar-refractivity contribution in [3.05, 3.63) is 59.4 Å². The molecule has 1 aliphatic rings. The molecular formula is C21H24FNO3S. The quantitative estimate of drug-likeness (QED) is 0.791. The van der Waals surface area contributed by atoms with Gasteiger partial charge in [0.15, 0.2) is 0 Å². The molecule has 2 aromatic carbocycles. The van der Waals surface area contributed by atoms with E-state index in [1.807, 2.05) is 32.0 Å². The van der Waals surface area contributed by atoms with Gasteiger partial charge in [0.2, 0.25) is 5.91 Å². The van der Waals surface area contributed by atoms with E-state index in [9.17, 15) is 9.18 Å². The Morgan fingerprint density at radius 3 is 2.74 bits per heavy atom. The summed E-state index contributed by atoms with van der Waals surface area (Å²) in [5.74, 6) is 2.22. The molecule has 3 rings (SSSR count). The minimum absolute atomic E-state index is 0.0217. The van der Waals surface area contributed by atoms with Crippen LogP contribution in [-0.4, -0.2) is 24.4 Å². The molecule has 0 spiro atoms. The summed E-state index contributed by atoms with van der Waals surface area (Å²) < 4.78 is 24.3. The van der Waals surface area contributed by atoms with Gasteiger partial charge in [-0.1, -0.05) is 12.1 Å². The number of hydrogen-bond acceptors (Lipinski definition) is 4. The molecule has 27 heavy (non-hydrogen) atoms. The second-order valence-corrected chi connectivity index (χ2v) is 8.19. The number of halogens is 1. The number of methoxy groups -OCH3 is 1. The van der Waals surface area contributed by atoms with E-state index in [1.54, 1.807) is 19.2 Å². The number of carbonyl (C=O) groups excluding carboxylic acids is 1. The summed E-state index contributed by atoms with van der Waals surface area (Å²) in [6.45, 7) is 4.02. The number of ether oxygens (including phenoxy) is 2. The molecule has 0 saturated carbocycles. The third kappa shape index (κ3) is 5.16. The van der Waals surface area contributed by atoms with Gasteiger partial charge in [0.25, 0.3) is 0 Å². The van der Waals surface area contributed by atoms with Crippen LogP contribution in [0.1, 0.15) is 37.4 Å². The topological polar surface area (TPSA) is 47.6 Å². The molecule has 0 aromatic heterocycles. The lowest BCUT2D eigenvalue weighted by Gasteiger charge is -2.38. The lowest BCUT2D eigenvalue weighted by molar-refractivity contribution is -0.119. The molecule has 1 aliphatic heterocycles. The Morgan fingerprint density at radius 1 is 1.30 bits per heavy atom. The van der Waals surface area contributed by atoms with Crippen molar-refractivity contribution in [2.45, 2.75) is 37.7 Å². The van der Waals surface area contributed by atoms with Gasteiger partial charge in [0, 0.05) is 23.8 Å². The van der Waals surface area contributed by atoms with Gasteiger partial charge in [-0.25, -0.2) is 4.39 Å². The number of thioether (sulfide) groups is 1. The van der Waals surface area contributed by atoms with Gasteiger partial charge in [0.05, 0.1) is 18.9 Å². The lowest BCUT2D eigenvalue weighted by Crippen LogP contribution is -2.41. The van der Waals surface area contributed by atoms with Crippen LogP contribution in [-0.2, 0) is 10.5 Å². The van der Waals surface area contributed by atoms with Crippen LogP contribution in [0.4, 0.5) is 4.39 Å². The highest BCUT2D eigenvalue weighted by molar-refractivity contribution is 7.99. The van der Waals surface area contributed by atoms with Crippen molar-refractivity contribution in [2.24, 2.45) is 0 Å². The van der Waals surface area contributed by atoms with Gasteiger partial charge in [-0.2, -0.15) is 0 Å². The molecule has 144 valence electrons. The molecule has 6 heteroatoms. The SMILES string of the molecule is COc1ccc2c(c1)OC(C)(C)CC2NC(=O)CSCc1ccc(F)cc1. The Balaban J connectivity index is 1.60. The maximum Gasteiger partial charge on any atom is 0.230 e. The number of rotatable bonds is 6. The maximum absolute atomic E-state index is 12.9. The highest BCUT2D eigenvalue weighted by atomic mass is 32.2. The zero-order chi connectivity index (χ0) is 19.4. The maximum atomic E-state index is 12.9. The molecule has 0 bridgehead atoms. The van der Waals surface area contributed by atoms with Crippen LogP contribution >= 0.6 is 11.8 Å². The van der Waals surface area contributed by atoms with Crippen LogP contribution in [0.25, 0.3) is 0 Å². The van der Waals surface area contributed by atoms with Crippen molar-refractivity contribution in [3.8, 4) is 11.5 Å². The predicted molar refractivity (Wildman–Crippen MR) is 106 cm³/mol. The van der Waals surface area contributed by atoms with Crippen molar-refractivity contribution in [1.82, 2.24) is 5.32 Å². The molecule has 0 aliphatic carbocycles. The summed E-state index contributed by atoms with van der Waals surface area (Å²) in [6, 6.07) is 11.9. The number of amides is 1. The highest BCUT2D eigenvalue weighted by Gasteiger charge is 2.34. The first-order chi connectivity index (χ1) is 12.9. The lowest BCUT2D eigenvalue weighted by atomic mass is 9.89. The number of benzene rings is 2. The molecule has 0 fully saturated rings. The van der Waals surface area contributed by atoms with Crippen LogP contribution < -0.4 is 14.8 Å². The summed E-state index contributed by atoms with van der Waals surface area (Å²) >= 11 is 1.51. The van der Waals surface area contributed by atoms with Crippen LogP contribution in [0.2, 0.25) is 0 Å². The van der Waals surface area contributed by atoms with Crippen molar-refractivity contribution in [3.63, 3.8) is 0 Å². The summed E-state index contributed by atoms with van der Waals surface area (Å²) in [4.78, 5) is 12.4. The van der Waals surface area contributed by atoms with Crippen LogP contribution in [0, 0.1) is 5.82 Å². The molecule has 0 saturated heterocycles. The average molecular weight is 389 g/mol. The number of fused-ring (bicyclic) bond motifs is 1. The number of nitrogens with one attached hydrogen (secondary N) is 1. The Bertz CT molecular complexity index is 808. The molecule has 0 radical (unpaired) electrons. The van der Waals surface area contributed by atoms with E-state index in [4.69, 9.17) is 9.47 Å². The Hall–Kier alpha value is -2.21. The van der Waals surface area contributed by atoms with Crippen molar-refractivity contribution < 1.29 is 18.7 Å². The fourth-order valence-electron chi connectivity index (χ4n) is 3.17. The normalized spacial score (nSPS) is 17.6. The molecule has 1 N–H and O–H groups in total. The second-order valence-electron chi connectivity index (χ2n) is 7.21. The monoisotopic (exact) mass is 389 g/mol. The van der Waals surface area contributed by atoms with Gasteiger partial charge in [-0.3, -0.25) is 4.79 Å². The third-order valence-corrected chi connectivity index (χ3v) is 5.43. The standard InChI is InChI=1S/C21H24FNO3S/c1-21(2)11-18(17-9-8-16(25-3)10-19(17)26-21)23-20(24)13-27-12-14-4-6-15(22)7-5-14/h4-10,18H,11-13H2,1-3H3,(H,23,24). The summed E-state index contributed by atoms with van der Waals surface area (Å²) in [5.41, 5.74) is 1.59. The largest absolute Gasteiger partial charge is 0.497 e. The van der Waals surface area contributed by atoms with Crippen LogP contribution in [0.3, 0.4) is 0 Å².